The van der Waals surface area contributed by atoms with Crippen LogP contribution in [0, 0.1) is 0 Å². The van der Waals surface area contributed by atoms with Gasteiger partial charge in [-0.1, -0.05) is 63.8 Å². The number of pyridine rings is 1. The molecule has 1 aliphatic rings. The maximum absolute atomic E-state index is 13.8. The van der Waals surface area contributed by atoms with E-state index in [0.29, 0.717) is 22.5 Å². The fourth-order valence-corrected chi connectivity index (χ4v) is 5.30. The average molecular weight is 488 g/mol. The van der Waals surface area contributed by atoms with Crippen molar-refractivity contribution < 1.29 is 21.6 Å². The molecule has 178 valence electrons. The van der Waals surface area contributed by atoms with Crippen molar-refractivity contribution in [2.45, 2.75) is 43.8 Å². The van der Waals surface area contributed by atoms with Gasteiger partial charge in [0.2, 0.25) is 0 Å². The molecule has 0 radical (unpaired) electrons. The van der Waals surface area contributed by atoms with Gasteiger partial charge in [-0.3, -0.25) is 4.31 Å². The molecule has 0 saturated heterocycles. The predicted molar refractivity (Wildman–Crippen MR) is 128 cm³/mol. The molecular weight excluding hydrogens is 463 g/mol. The fraction of sp³-hybridized carbons (Fsp3) is 0.240. The average Bonchev–Trinajstić information content (AvgIpc) is 2.94. The van der Waals surface area contributed by atoms with Crippen molar-refractivity contribution in [2.24, 2.45) is 0 Å². The lowest BCUT2D eigenvalue weighted by Gasteiger charge is -2.26. The normalized spacial score (nSPS) is 14.0. The molecule has 0 aliphatic carbocycles. The Labute approximate surface area is 197 Å². The van der Waals surface area contributed by atoms with E-state index in [9.17, 15) is 21.6 Å². The van der Waals surface area contributed by atoms with E-state index in [2.05, 4.69) is 16.9 Å². The number of halogens is 3. The minimum absolute atomic E-state index is 0.0435. The molecule has 9 heteroatoms. The van der Waals surface area contributed by atoms with Crippen LogP contribution in [0.1, 0.15) is 43.2 Å². The number of fused-ring (bicyclic) bond motifs is 2. The Balaban J connectivity index is 1.89. The summed E-state index contributed by atoms with van der Waals surface area (Å²) in [7, 11) is -4.08. The van der Waals surface area contributed by atoms with E-state index >= 15 is 0 Å². The van der Waals surface area contributed by atoms with Crippen LogP contribution >= 0.6 is 0 Å². The Morgan fingerprint density at radius 2 is 1.71 bits per heavy atom. The van der Waals surface area contributed by atoms with Crippen molar-refractivity contribution in [3.8, 4) is 0 Å². The Kier molecular flexibility index (Phi) is 5.72. The minimum atomic E-state index is -4.63. The maximum Gasteiger partial charge on any atom is 0.433 e. The molecule has 0 saturated carbocycles. The summed E-state index contributed by atoms with van der Waals surface area (Å²) in [5.74, 6) is -0.0435. The molecule has 1 aromatic heterocycles. The summed E-state index contributed by atoms with van der Waals surface area (Å²) in [6, 6.07) is 13.7. The quantitative estimate of drug-likeness (QED) is 0.459. The zero-order chi connectivity index (χ0) is 24.9. The van der Waals surface area contributed by atoms with Crippen LogP contribution in [0.5, 0.6) is 0 Å². The van der Waals surface area contributed by atoms with Gasteiger partial charge in [0.1, 0.15) is 11.5 Å². The third-order valence-corrected chi connectivity index (χ3v) is 7.44. The summed E-state index contributed by atoms with van der Waals surface area (Å²) in [6.45, 7) is 9.67. The highest BCUT2D eigenvalue weighted by molar-refractivity contribution is 7.92. The van der Waals surface area contributed by atoms with Crippen LogP contribution in [0.3, 0.4) is 0 Å². The van der Waals surface area contributed by atoms with Gasteiger partial charge in [-0.2, -0.15) is 13.2 Å². The second kappa shape index (κ2) is 8.16. The fourth-order valence-electron chi connectivity index (χ4n) is 3.81. The van der Waals surface area contributed by atoms with Crippen molar-refractivity contribution in [1.82, 2.24) is 4.98 Å². The van der Waals surface area contributed by atoms with Crippen LogP contribution in [-0.4, -0.2) is 13.4 Å². The zero-order valence-corrected chi connectivity index (χ0v) is 19.8. The van der Waals surface area contributed by atoms with Crippen molar-refractivity contribution in [3.63, 3.8) is 0 Å². The van der Waals surface area contributed by atoms with Crippen molar-refractivity contribution in [3.05, 3.63) is 83.6 Å². The Morgan fingerprint density at radius 1 is 1.03 bits per heavy atom. The number of alkyl halides is 3. The molecule has 0 spiro atoms. The van der Waals surface area contributed by atoms with Crippen molar-refractivity contribution in [1.29, 1.82) is 0 Å². The van der Waals surface area contributed by atoms with E-state index in [1.54, 1.807) is 42.5 Å². The number of para-hydroxylation sites is 1. The molecule has 2 aromatic carbocycles. The van der Waals surface area contributed by atoms with Gasteiger partial charge in [-0.15, -0.1) is 0 Å². The van der Waals surface area contributed by atoms with E-state index in [1.165, 1.54) is 16.4 Å². The molecule has 1 aliphatic heterocycles. The molecule has 0 amide bonds. The number of nitrogens with one attached hydrogen (secondary N) is 1. The number of hydrogen-bond donors (Lipinski definition) is 1. The number of aromatic nitrogens is 1. The van der Waals surface area contributed by atoms with Gasteiger partial charge in [0.05, 0.1) is 22.8 Å². The first-order chi connectivity index (χ1) is 15.8. The van der Waals surface area contributed by atoms with Crippen LogP contribution in [0.2, 0.25) is 0 Å². The van der Waals surface area contributed by atoms with Gasteiger partial charge >= 0.3 is 6.18 Å². The Hall–Kier alpha value is -3.33. The molecular formula is C25H24F3N3O2S. The monoisotopic (exact) mass is 487 g/mol. The van der Waals surface area contributed by atoms with E-state index in [-0.39, 0.29) is 22.7 Å². The molecule has 1 N–H and O–H groups in total. The van der Waals surface area contributed by atoms with Gasteiger partial charge in [-0.05, 0) is 35.2 Å². The van der Waals surface area contributed by atoms with Crippen LogP contribution in [0.15, 0.2) is 66.1 Å². The van der Waals surface area contributed by atoms with Crippen LogP contribution in [0.4, 0.5) is 30.4 Å². The van der Waals surface area contributed by atoms with E-state index in [1.807, 2.05) is 20.8 Å². The van der Waals surface area contributed by atoms with E-state index in [4.69, 9.17) is 0 Å². The van der Waals surface area contributed by atoms with Gasteiger partial charge in [0.15, 0.2) is 0 Å². The first-order valence-corrected chi connectivity index (χ1v) is 12.0. The second-order valence-electron chi connectivity index (χ2n) is 9.06. The highest BCUT2D eigenvalue weighted by atomic mass is 32.2. The Bertz CT molecular complexity index is 1360. The lowest BCUT2D eigenvalue weighted by atomic mass is 9.87. The number of rotatable bonds is 3. The van der Waals surface area contributed by atoms with E-state index in [0.717, 1.165) is 11.6 Å². The zero-order valence-electron chi connectivity index (χ0n) is 18.9. The predicted octanol–water partition coefficient (Wildman–Crippen LogP) is 6.49. The first-order valence-electron chi connectivity index (χ1n) is 10.6. The summed E-state index contributed by atoms with van der Waals surface area (Å²) in [5, 5.41) is 2.91. The number of benzene rings is 2. The molecule has 0 unspecified atom stereocenters. The highest BCUT2D eigenvalue weighted by Gasteiger charge is 2.36. The van der Waals surface area contributed by atoms with E-state index < -0.39 is 21.9 Å². The largest absolute Gasteiger partial charge is 0.433 e. The van der Waals surface area contributed by atoms with Gasteiger partial charge < -0.3 is 5.32 Å². The summed E-state index contributed by atoms with van der Waals surface area (Å²) >= 11 is 0. The summed E-state index contributed by atoms with van der Waals surface area (Å²) in [5.41, 5.74) is 1.21. The standard InChI is InChI=1S/C25H24F3N3O2S/c1-5-16-7-6-8-20-22(16)31(15-17-9-14-21(25(26,27)28)30-23(17)29-20)34(32,33)19-12-10-18(11-13-19)24(2,3)4/h5-14H,1,15H2,2-4H3,(H,29,30). The van der Waals surface area contributed by atoms with Crippen molar-refractivity contribution >= 4 is 33.3 Å². The van der Waals surface area contributed by atoms with Gasteiger partial charge in [0.25, 0.3) is 10.0 Å². The second-order valence-corrected chi connectivity index (χ2v) is 10.9. The molecule has 2 heterocycles. The van der Waals surface area contributed by atoms with Crippen molar-refractivity contribution in [2.75, 3.05) is 9.62 Å². The summed E-state index contributed by atoms with van der Waals surface area (Å²) < 4.78 is 68.7. The van der Waals surface area contributed by atoms with Gasteiger partial charge in [-0.25, -0.2) is 13.4 Å². The third kappa shape index (κ3) is 4.27. The molecule has 4 rings (SSSR count). The molecule has 34 heavy (non-hydrogen) atoms. The summed E-state index contributed by atoms with van der Waals surface area (Å²) in [4.78, 5) is 3.82. The molecule has 0 bridgehead atoms. The van der Waals surface area contributed by atoms with Crippen LogP contribution in [0.25, 0.3) is 6.08 Å². The first kappa shape index (κ1) is 23.8. The number of anilines is 3. The highest BCUT2D eigenvalue weighted by Crippen LogP contribution is 2.42. The number of nitrogens with zero attached hydrogens (tertiary/aromatic N) is 2. The van der Waals surface area contributed by atoms with Crippen LogP contribution in [-0.2, 0) is 28.2 Å². The lowest BCUT2D eigenvalue weighted by Crippen LogP contribution is -2.31. The third-order valence-electron chi connectivity index (χ3n) is 5.68. The molecule has 5 nitrogen and oxygen atoms in total. The van der Waals surface area contributed by atoms with Gasteiger partial charge in [0, 0.05) is 11.1 Å². The number of hydrogen-bond acceptors (Lipinski definition) is 4. The summed E-state index contributed by atoms with van der Waals surface area (Å²) in [6.07, 6.45) is -3.12. The maximum atomic E-state index is 13.8. The SMILES string of the molecule is C=Cc1cccc2c1N(S(=O)(=O)c1ccc(C(C)(C)C)cc1)Cc1ccc(C(F)(F)F)nc1N2. The molecule has 0 atom stereocenters. The topological polar surface area (TPSA) is 62.3 Å². The van der Waals surface area contributed by atoms with Crippen LogP contribution < -0.4 is 9.62 Å². The minimum Gasteiger partial charge on any atom is -0.338 e. The number of sulfonamides is 1. The molecule has 3 aromatic rings. The molecule has 0 fully saturated rings. The smallest absolute Gasteiger partial charge is 0.338 e. The Morgan fingerprint density at radius 3 is 2.29 bits per heavy atom. The lowest BCUT2D eigenvalue weighted by molar-refractivity contribution is -0.141.